The van der Waals surface area contributed by atoms with E-state index in [2.05, 4.69) is 37.4 Å². The van der Waals surface area contributed by atoms with Crippen LogP contribution in [0.3, 0.4) is 0 Å². The van der Waals surface area contributed by atoms with Gasteiger partial charge in [0, 0.05) is 17.9 Å². The van der Waals surface area contributed by atoms with E-state index < -0.39 is 0 Å². The van der Waals surface area contributed by atoms with Crippen LogP contribution in [0.2, 0.25) is 0 Å². The maximum Gasteiger partial charge on any atom is 0.176 e. The van der Waals surface area contributed by atoms with Crippen LogP contribution in [0.1, 0.15) is 26.6 Å². The van der Waals surface area contributed by atoms with Gasteiger partial charge in [0.05, 0.1) is 5.70 Å². The van der Waals surface area contributed by atoms with Crippen molar-refractivity contribution in [2.75, 3.05) is 0 Å². The minimum Gasteiger partial charge on any atom is -0.323 e. The lowest BCUT2D eigenvalue weighted by atomic mass is 10.1. The zero-order valence-electron chi connectivity index (χ0n) is 8.73. The van der Waals surface area contributed by atoms with Crippen molar-refractivity contribution in [1.29, 1.82) is 0 Å². The van der Waals surface area contributed by atoms with Gasteiger partial charge in [0.15, 0.2) is 5.82 Å². The molecule has 0 fully saturated rings. The predicted molar refractivity (Wildman–Crippen MR) is 56.7 cm³/mol. The molecule has 14 heavy (non-hydrogen) atoms. The van der Waals surface area contributed by atoms with Crippen molar-refractivity contribution in [1.82, 2.24) is 14.6 Å². The average Bonchev–Trinajstić information content (AvgIpc) is 2.50. The van der Waals surface area contributed by atoms with Gasteiger partial charge in [-0.25, -0.2) is 9.66 Å². The maximum absolute atomic E-state index is 4.25. The molecule has 0 atom stereocenters. The Bertz CT molecular complexity index is 394. The van der Waals surface area contributed by atoms with Gasteiger partial charge in [-0.15, -0.1) is 0 Å². The molecule has 2 rings (SSSR count). The highest BCUT2D eigenvalue weighted by Crippen LogP contribution is 2.25. The normalized spacial score (nSPS) is 15.9. The third-order valence-electron chi connectivity index (χ3n) is 2.18. The van der Waals surface area contributed by atoms with Crippen molar-refractivity contribution in [2.24, 2.45) is 5.10 Å². The highest BCUT2D eigenvalue weighted by molar-refractivity contribution is 5.76. The Morgan fingerprint density at radius 2 is 2.07 bits per heavy atom. The van der Waals surface area contributed by atoms with E-state index in [1.54, 1.807) is 17.2 Å². The van der Waals surface area contributed by atoms with Crippen LogP contribution in [0, 0.1) is 0 Å². The molecular weight excluding hydrogens is 176 g/mol. The van der Waals surface area contributed by atoms with Crippen molar-refractivity contribution < 1.29 is 0 Å². The molecule has 0 spiro atoms. The number of imidazole rings is 1. The van der Waals surface area contributed by atoms with Crippen LogP contribution in [0.25, 0.3) is 5.70 Å². The average molecular weight is 190 g/mol. The maximum atomic E-state index is 4.25. The Kier molecular flexibility index (Phi) is 1.74. The van der Waals surface area contributed by atoms with Gasteiger partial charge in [-0.05, 0) is 20.8 Å². The first kappa shape index (κ1) is 8.99. The molecule has 0 unspecified atom stereocenters. The lowest BCUT2D eigenvalue weighted by Gasteiger charge is -2.36. The number of hydrogen-bond donors (Lipinski definition) is 0. The minimum absolute atomic E-state index is 0.0161. The molecule has 1 aromatic heterocycles. The first-order chi connectivity index (χ1) is 6.50. The first-order valence-corrected chi connectivity index (χ1v) is 4.56. The Balaban J connectivity index is 2.43. The smallest absolute Gasteiger partial charge is 0.176 e. The van der Waals surface area contributed by atoms with Crippen molar-refractivity contribution in [3.8, 4) is 0 Å². The van der Waals surface area contributed by atoms with Gasteiger partial charge in [-0.3, -0.25) is 0 Å². The second-order valence-electron chi connectivity index (χ2n) is 4.31. The topological polar surface area (TPSA) is 33.4 Å². The summed E-state index contributed by atoms with van der Waals surface area (Å²) < 4.78 is 1.73. The second-order valence-corrected chi connectivity index (χ2v) is 4.31. The van der Waals surface area contributed by atoms with E-state index in [1.165, 1.54) is 0 Å². The number of hydrogen-bond acceptors (Lipinski definition) is 3. The standard InChI is InChI=1S/C10H14N4/c1-8-9-11-5-6-14(9)12-7-13(8)10(2,3)4/h5-7H,1H2,2-4H3. The summed E-state index contributed by atoms with van der Waals surface area (Å²) in [5.74, 6) is 0.808. The Labute approximate surface area is 83.6 Å². The number of rotatable bonds is 0. The fraction of sp³-hybridized carbons (Fsp3) is 0.400. The molecule has 0 saturated heterocycles. The monoisotopic (exact) mass is 190 g/mol. The Morgan fingerprint density at radius 3 is 2.71 bits per heavy atom. The summed E-state index contributed by atoms with van der Waals surface area (Å²) in [6.45, 7) is 10.4. The van der Waals surface area contributed by atoms with Crippen LogP contribution in [0.15, 0.2) is 24.1 Å². The summed E-state index contributed by atoms with van der Waals surface area (Å²) in [5, 5.41) is 4.25. The van der Waals surface area contributed by atoms with Gasteiger partial charge in [-0.1, -0.05) is 6.58 Å². The van der Waals surface area contributed by atoms with E-state index in [0.29, 0.717) is 0 Å². The number of aromatic nitrogens is 2. The van der Waals surface area contributed by atoms with Crippen LogP contribution >= 0.6 is 0 Å². The van der Waals surface area contributed by atoms with E-state index in [1.807, 2.05) is 11.1 Å². The molecule has 2 heterocycles. The quantitative estimate of drug-likeness (QED) is 0.624. The summed E-state index contributed by atoms with van der Waals surface area (Å²) in [5.41, 5.74) is 0.870. The fourth-order valence-electron chi connectivity index (χ4n) is 1.46. The van der Waals surface area contributed by atoms with E-state index in [0.717, 1.165) is 11.5 Å². The van der Waals surface area contributed by atoms with Gasteiger partial charge < -0.3 is 4.90 Å². The van der Waals surface area contributed by atoms with E-state index in [9.17, 15) is 0 Å². The first-order valence-electron chi connectivity index (χ1n) is 4.56. The van der Waals surface area contributed by atoms with Gasteiger partial charge in [0.25, 0.3) is 0 Å². The fourth-order valence-corrected chi connectivity index (χ4v) is 1.46. The van der Waals surface area contributed by atoms with Gasteiger partial charge in [0.2, 0.25) is 0 Å². The molecule has 0 N–H and O–H groups in total. The largest absolute Gasteiger partial charge is 0.323 e. The SMILES string of the molecule is C=C1c2nccn2N=CN1C(C)(C)C. The molecule has 4 nitrogen and oxygen atoms in total. The van der Waals surface area contributed by atoms with Crippen LogP contribution in [-0.2, 0) is 0 Å². The molecule has 74 valence electrons. The zero-order chi connectivity index (χ0) is 10.3. The van der Waals surface area contributed by atoms with Crippen LogP contribution < -0.4 is 0 Å². The summed E-state index contributed by atoms with van der Waals surface area (Å²) in [6, 6.07) is 0. The molecule has 1 aliphatic heterocycles. The molecule has 0 amide bonds. The van der Waals surface area contributed by atoms with Crippen LogP contribution in [0.4, 0.5) is 0 Å². The van der Waals surface area contributed by atoms with Crippen molar-refractivity contribution in [3.05, 3.63) is 24.8 Å². The van der Waals surface area contributed by atoms with Gasteiger partial charge in [0.1, 0.15) is 6.34 Å². The van der Waals surface area contributed by atoms with Gasteiger partial charge in [-0.2, -0.15) is 5.10 Å². The Hall–Kier alpha value is -1.58. The minimum atomic E-state index is -0.0161. The third kappa shape index (κ3) is 1.23. The van der Waals surface area contributed by atoms with E-state index in [4.69, 9.17) is 0 Å². The summed E-state index contributed by atoms with van der Waals surface area (Å²) in [6.07, 6.45) is 5.33. The summed E-state index contributed by atoms with van der Waals surface area (Å²) in [7, 11) is 0. The number of fused-ring (bicyclic) bond motifs is 1. The Morgan fingerprint density at radius 1 is 1.36 bits per heavy atom. The molecule has 4 heteroatoms. The van der Waals surface area contributed by atoms with Crippen molar-refractivity contribution >= 4 is 12.0 Å². The highest BCUT2D eigenvalue weighted by Gasteiger charge is 2.26. The molecule has 0 aromatic carbocycles. The lowest BCUT2D eigenvalue weighted by Crippen LogP contribution is -2.40. The third-order valence-corrected chi connectivity index (χ3v) is 2.18. The van der Waals surface area contributed by atoms with Crippen LogP contribution in [-0.4, -0.2) is 26.4 Å². The lowest BCUT2D eigenvalue weighted by molar-refractivity contribution is 0.327. The molecule has 0 radical (unpaired) electrons. The summed E-state index contributed by atoms with van der Waals surface area (Å²) in [4.78, 5) is 6.23. The van der Waals surface area contributed by atoms with E-state index in [-0.39, 0.29) is 5.54 Å². The number of nitrogens with zero attached hydrogens (tertiary/aromatic N) is 4. The van der Waals surface area contributed by atoms with Gasteiger partial charge >= 0.3 is 0 Å². The summed E-state index contributed by atoms with van der Waals surface area (Å²) >= 11 is 0. The molecule has 0 saturated carbocycles. The molecule has 0 aliphatic carbocycles. The highest BCUT2D eigenvalue weighted by atomic mass is 15.4. The second kappa shape index (κ2) is 2.70. The van der Waals surface area contributed by atoms with Crippen molar-refractivity contribution in [3.63, 3.8) is 0 Å². The van der Waals surface area contributed by atoms with E-state index >= 15 is 0 Å². The van der Waals surface area contributed by atoms with Crippen molar-refractivity contribution in [2.45, 2.75) is 26.3 Å². The zero-order valence-corrected chi connectivity index (χ0v) is 8.73. The molecule has 0 bridgehead atoms. The molecular formula is C10H14N4. The van der Waals surface area contributed by atoms with Crippen LogP contribution in [0.5, 0.6) is 0 Å². The molecule has 1 aliphatic rings. The molecule has 1 aromatic rings. The predicted octanol–water partition coefficient (Wildman–Crippen LogP) is 1.76.